The number of rotatable bonds is 2. The number of piperidine rings is 1. The second-order valence-corrected chi connectivity index (χ2v) is 5.47. The summed E-state index contributed by atoms with van der Waals surface area (Å²) in [5.74, 6) is 1.70. The molecule has 0 atom stereocenters. The Balaban J connectivity index is 1.93. The summed E-state index contributed by atoms with van der Waals surface area (Å²) < 4.78 is 2.01. The third kappa shape index (κ3) is 2.30. The number of hydrogen-bond donors (Lipinski definition) is 1. The third-order valence-corrected chi connectivity index (χ3v) is 4.29. The quantitative estimate of drug-likeness (QED) is 0.919. The van der Waals surface area contributed by atoms with Crippen molar-refractivity contribution < 1.29 is 5.11 Å². The maximum atomic E-state index is 9.53. The van der Waals surface area contributed by atoms with E-state index < -0.39 is 0 Å². The molecule has 0 unspecified atom stereocenters. The minimum Gasteiger partial charge on any atom is -0.508 e. The molecule has 0 aliphatic carbocycles. The Bertz CT molecular complexity index is 588. The molecule has 1 N–H and O–H groups in total. The van der Waals surface area contributed by atoms with Gasteiger partial charge in [-0.2, -0.15) is 0 Å². The Labute approximate surface area is 117 Å². The van der Waals surface area contributed by atoms with E-state index in [4.69, 9.17) is 11.6 Å². The van der Waals surface area contributed by atoms with E-state index in [-0.39, 0.29) is 5.75 Å². The molecule has 0 bridgehead atoms. The molecule has 1 aliphatic heterocycles. The molecule has 102 valence electrons. The Morgan fingerprint density at radius 3 is 2.84 bits per heavy atom. The zero-order chi connectivity index (χ0) is 13.4. The van der Waals surface area contributed by atoms with E-state index in [2.05, 4.69) is 16.8 Å². The second kappa shape index (κ2) is 5.02. The lowest BCUT2D eigenvalue weighted by Gasteiger charge is -2.30. The monoisotopic (exact) mass is 279 g/mol. The topological polar surface area (TPSA) is 40.8 Å². The molecule has 1 aliphatic rings. The van der Waals surface area contributed by atoms with Gasteiger partial charge in [0.25, 0.3) is 0 Å². The second-order valence-electron chi connectivity index (χ2n) is 5.11. The molecule has 0 radical (unpaired) electrons. The van der Waals surface area contributed by atoms with Crippen LogP contribution in [0.4, 0.5) is 0 Å². The summed E-state index contributed by atoms with van der Waals surface area (Å²) in [6.45, 7) is 5.55. The van der Waals surface area contributed by atoms with Crippen molar-refractivity contribution in [1.29, 1.82) is 0 Å². The van der Waals surface area contributed by atoms with Crippen molar-refractivity contribution in [3.8, 4) is 5.75 Å². The van der Waals surface area contributed by atoms with Gasteiger partial charge in [0.2, 0.25) is 0 Å². The van der Waals surface area contributed by atoms with Crippen LogP contribution in [0.5, 0.6) is 5.75 Å². The zero-order valence-electron chi connectivity index (χ0n) is 11.0. The van der Waals surface area contributed by atoms with Crippen LogP contribution in [-0.2, 0) is 0 Å². The minimum atomic E-state index is 0.224. The van der Waals surface area contributed by atoms with Crippen molar-refractivity contribution >= 4 is 17.1 Å². The molecule has 0 spiro atoms. The first-order chi connectivity index (χ1) is 9.19. The van der Waals surface area contributed by atoms with Crippen LogP contribution in [0.15, 0.2) is 18.3 Å². The van der Waals surface area contributed by atoms with Gasteiger partial charge >= 0.3 is 0 Å². The average Bonchev–Trinajstić information content (AvgIpc) is 2.76. The number of aromatic hydroxyl groups is 1. The highest BCUT2D eigenvalue weighted by molar-refractivity contribution is 6.32. The number of hydrogen-bond acceptors (Lipinski definition) is 3. The highest BCUT2D eigenvalue weighted by atomic mass is 35.5. The lowest BCUT2D eigenvalue weighted by atomic mass is 9.96. The van der Waals surface area contributed by atoms with E-state index in [1.165, 1.54) is 0 Å². The summed E-state index contributed by atoms with van der Waals surface area (Å²) in [5, 5.41) is 10.0. The van der Waals surface area contributed by atoms with Gasteiger partial charge in [-0.3, -0.25) is 0 Å². The predicted molar refractivity (Wildman–Crippen MR) is 76.0 cm³/mol. The van der Waals surface area contributed by atoms with Crippen LogP contribution in [0.3, 0.4) is 0 Å². The van der Waals surface area contributed by atoms with E-state index in [1.807, 2.05) is 10.6 Å². The maximum Gasteiger partial charge on any atom is 0.155 e. The van der Waals surface area contributed by atoms with Crippen LogP contribution in [0.2, 0.25) is 5.15 Å². The van der Waals surface area contributed by atoms with Gasteiger partial charge < -0.3 is 14.4 Å². The molecule has 0 saturated carbocycles. The molecule has 5 heteroatoms. The Kier molecular flexibility index (Phi) is 3.37. The maximum absolute atomic E-state index is 9.53. The molecular formula is C14H18ClN3O. The van der Waals surface area contributed by atoms with Gasteiger partial charge in [-0.25, -0.2) is 4.98 Å². The number of halogens is 1. The van der Waals surface area contributed by atoms with Crippen LogP contribution in [0, 0.1) is 0 Å². The van der Waals surface area contributed by atoms with Gasteiger partial charge in [0.05, 0.1) is 5.52 Å². The van der Waals surface area contributed by atoms with Gasteiger partial charge in [-0.05, 0) is 38.5 Å². The van der Waals surface area contributed by atoms with Crippen LogP contribution in [-0.4, -0.2) is 39.0 Å². The molecule has 0 aromatic carbocycles. The van der Waals surface area contributed by atoms with Crippen molar-refractivity contribution in [3.63, 3.8) is 0 Å². The predicted octanol–water partition coefficient (Wildman–Crippen LogP) is 2.89. The van der Waals surface area contributed by atoms with E-state index in [0.717, 1.165) is 43.8 Å². The summed E-state index contributed by atoms with van der Waals surface area (Å²) in [5.41, 5.74) is 0.787. The molecule has 1 fully saturated rings. The molecule has 4 nitrogen and oxygen atoms in total. The smallest absolute Gasteiger partial charge is 0.155 e. The minimum absolute atomic E-state index is 0.224. The van der Waals surface area contributed by atoms with E-state index in [0.29, 0.717) is 11.1 Å². The Morgan fingerprint density at radius 2 is 2.16 bits per heavy atom. The van der Waals surface area contributed by atoms with Gasteiger partial charge in [0.15, 0.2) is 5.15 Å². The highest BCUT2D eigenvalue weighted by Gasteiger charge is 2.24. The summed E-state index contributed by atoms with van der Waals surface area (Å²) in [7, 11) is 0. The molecule has 2 aromatic heterocycles. The summed E-state index contributed by atoms with van der Waals surface area (Å²) in [6, 6.07) is 3.34. The van der Waals surface area contributed by atoms with Crippen molar-refractivity contribution in [2.45, 2.75) is 25.7 Å². The largest absolute Gasteiger partial charge is 0.508 e. The fourth-order valence-electron chi connectivity index (χ4n) is 2.85. The standard InChI is InChI=1S/C14H18ClN3O/c1-2-17-6-3-10(4-7-17)14-16-13(15)12-9-11(19)5-8-18(12)14/h5,8-10,19H,2-4,6-7H2,1H3. The Morgan fingerprint density at radius 1 is 1.42 bits per heavy atom. The molecule has 3 heterocycles. The van der Waals surface area contributed by atoms with E-state index in [9.17, 15) is 5.11 Å². The normalized spacial score (nSPS) is 18.2. The number of fused-ring (bicyclic) bond motifs is 1. The van der Waals surface area contributed by atoms with Crippen LogP contribution >= 0.6 is 11.6 Å². The fourth-order valence-corrected chi connectivity index (χ4v) is 3.09. The first-order valence-electron chi connectivity index (χ1n) is 6.78. The number of nitrogens with zero attached hydrogens (tertiary/aromatic N) is 3. The SMILES string of the molecule is CCN1CCC(c2nc(Cl)c3cc(O)ccn23)CC1. The average molecular weight is 280 g/mol. The van der Waals surface area contributed by atoms with Crippen molar-refractivity contribution in [3.05, 3.63) is 29.3 Å². The summed E-state index contributed by atoms with van der Waals surface area (Å²) >= 11 is 6.17. The number of pyridine rings is 1. The van der Waals surface area contributed by atoms with Gasteiger partial charge in [0, 0.05) is 18.2 Å². The lowest BCUT2D eigenvalue weighted by Crippen LogP contribution is -2.33. The molecule has 3 rings (SSSR count). The van der Waals surface area contributed by atoms with Crippen molar-refractivity contribution in [1.82, 2.24) is 14.3 Å². The van der Waals surface area contributed by atoms with Gasteiger partial charge in [-0.15, -0.1) is 0 Å². The first-order valence-corrected chi connectivity index (χ1v) is 7.15. The number of imidazole rings is 1. The van der Waals surface area contributed by atoms with Crippen LogP contribution in [0.1, 0.15) is 31.5 Å². The van der Waals surface area contributed by atoms with Crippen molar-refractivity contribution in [2.75, 3.05) is 19.6 Å². The molecule has 19 heavy (non-hydrogen) atoms. The lowest BCUT2D eigenvalue weighted by molar-refractivity contribution is 0.219. The highest BCUT2D eigenvalue weighted by Crippen LogP contribution is 2.31. The van der Waals surface area contributed by atoms with E-state index in [1.54, 1.807) is 12.1 Å². The third-order valence-electron chi connectivity index (χ3n) is 4.01. The summed E-state index contributed by atoms with van der Waals surface area (Å²) in [4.78, 5) is 6.96. The molecular weight excluding hydrogens is 262 g/mol. The van der Waals surface area contributed by atoms with Crippen LogP contribution in [0.25, 0.3) is 5.52 Å². The van der Waals surface area contributed by atoms with Gasteiger partial charge in [-0.1, -0.05) is 18.5 Å². The van der Waals surface area contributed by atoms with Gasteiger partial charge in [0.1, 0.15) is 11.6 Å². The number of likely N-dealkylation sites (tertiary alicyclic amines) is 1. The summed E-state index contributed by atoms with van der Waals surface area (Å²) in [6.07, 6.45) is 4.08. The van der Waals surface area contributed by atoms with Crippen molar-refractivity contribution in [2.24, 2.45) is 0 Å². The fraction of sp³-hybridized carbons (Fsp3) is 0.500. The molecule has 1 saturated heterocycles. The zero-order valence-corrected chi connectivity index (χ0v) is 11.8. The van der Waals surface area contributed by atoms with E-state index >= 15 is 0 Å². The molecule has 0 amide bonds. The Hall–Kier alpha value is -1.26. The molecule has 2 aromatic rings. The first kappa shape index (κ1) is 12.8. The van der Waals surface area contributed by atoms with Crippen LogP contribution < -0.4 is 0 Å². The number of aromatic nitrogens is 2.